The Morgan fingerprint density at radius 3 is 1.52 bits per heavy atom. The maximum atomic E-state index is 9.43. The molecule has 7 aromatic rings. The molecule has 0 saturated heterocycles. The minimum atomic E-state index is 0.671. The summed E-state index contributed by atoms with van der Waals surface area (Å²) in [6.07, 6.45) is 0. The molecule has 0 aromatic heterocycles. The van der Waals surface area contributed by atoms with Crippen molar-refractivity contribution in [2.45, 2.75) is 0 Å². The Balaban J connectivity index is 1.37. The summed E-state index contributed by atoms with van der Waals surface area (Å²) in [4.78, 5) is 0. The first-order chi connectivity index (χ1) is 20.8. The number of nitrogens with zero attached hydrogens (tertiary/aromatic N) is 1. The van der Waals surface area contributed by atoms with Gasteiger partial charge in [0, 0.05) is 0 Å². The summed E-state index contributed by atoms with van der Waals surface area (Å²) in [6.45, 7) is 0. The molecule has 42 heavy (non-hydrogen) atoms. The molecule has 1 heteroatoms. The molecule has 0 unspecified atom stereocenters. The fraction of sp³-hybridized carbons (Fsp3) is 0. The number of hydrogen-bond acceptors (Lipinski definition) is 1. The van der Waals surface area contributed by atoms with E-state index in [4.69, 9.17) is 0 Å². The number of benzene rings is 7. The summed E-state index contributed by atoms with van der Waals surface area (Å²) >= 11 is 0. The molecule has 1 nitrogen and oxygen atoms in total. The standard InChI is InChI=1S/C41H25N/c42-26-27-10-7-15-30(24-27)31-16-8-17-32(25-31)33-20-23-38-39-36(33)18-9-19-37(39)40-34(28-11-3-1-4-12-28)21-22-35(41(38)40)29-13-5-2-6-14-29/h1-25H. The summed E-state index contributed by atoms with van der Waals surface area (Å²) < 4.78 is 0. The van der Waals surface area contributed by atoms with Crippen LogP contribution in [-0.4, -0.2) is 0 Å². The maximum Gasteiger partial charge on any atom is 0.0991 e. The Labute approximate surface area is 245 Å². The second kappa shape index (κ2) is 9.73. The van der Waals surface area contributed by atoms with Crippen LogP contribution >= 0.6 is 0 Å². The van der Waals surface area contributed by atoms with E-state index in [1.165, 1.54) is 66.4 Å². The van der Waals surface area contributed by atoms with Crippen LogP contribution in [0.4, 0.5) is 0 Å². The Morgan fingerprint density at radius 2 is 0.857 bits per heavy atom. The van der Waals surface area contributed by atoms with Gasteiger partial charge in [-0.1, -0.05) is 133 Å². The second-order valence-electron chi connectivity index (χ2n) is 10.8. The molecule has 0 amide bonds. The van der Waals surface area contributed by atoms with Gasteiger partial charge in [-0.25, -0.2) is 0 Å². The van der Waals surface area contributed by atoms with Gasteiger partial charge in [0.05, 0.1) is 11.6 Å². The lowest BCUT2D eigenvalue weighted by molar-refractivity contribution is 1.48. The Hall–Kier alpha value is -5.71. The molecule has 0 spiro atoms. The lowest BCUT2D eigenvalue weighted by atomic mass is 9.88. The number of rotatable bonds is 4. The van der Waals surface area contributed by atoms with Gasteiger partial charge in [-0.05, 0) is 95.7 Å². The molecule has 0 heterocycles. The van der Waals surface area contributed by atoms with Crippen molar-refractivity contribution in [2.24, 2.45) is 0 Å². The van der Waals surface area contributed by atoms with Crippen LogP contribution in [0.25, 0.3) is 77.5 Å². The number of fused-ring (bicyclic) bond motifs is 3. The molecule has 7 aromatic carbocycles. The van der Waals surface area contributed by atoms with Crippen LogP contribution in [0.1, 0.15) is 5.56 Å². The van der Waals surface area contributed by atoms with Gasteiger partial charge >= 0.3 is 0 Å². The van der Waals surface area contributed by atoms with Crippen LogP contribution in [0.2, 0.25) is 0 Å². The first-order valence-corrected chi connectivity index (χ1v) is 14.3. The molecule has 1 aliphatic carbocycles. The van der Waals surface area contributed by atoms with E-state index in [2.05, 4.69) is 140 Å². The third-order valence-electron chi connectivity index (χ3n) is 8.45. The highest BCUT2D eigenvalue weighted by Gasteiger charge is 2.28. The average molecular weight is 532 g/mol. The largest absolute Gasteiger partial charge is 0.192 e. The Bertz CT molecular complexity index is 2110. The van der Waals surface area contributed by atoms with Gasteiger partial charge in [0.25, 0.3) is 0 Å². The van der Waals surface area contributed by atoms with Gasteiger partial charge in [0.15, 0.2) is 0 Å². The molecule has 0 fully saturated rings. The van der Waals surface area contributed by atoms with Crippen LogP contribution < -0.4 is 0 Å². The van der Waals surface area contributed by atoms with E-state index in [9.17, 15) is 5.26 Å². The third kappa shape index (κ3) is 3.78. The van der Waals surface area contributed by atoms with E-state index in [-0.39, 0.29) is 0 Å². The second-order valence-corrected chi connectivity index (χ2v) is 10.8. The highest BCUT2D eigenvalue weighted by atomic mass is 14.3. The maximum absolute atomic E-state index is 9.43. The number of nitriles is 1. The van der Waals surface area contributed by atoms with E-state index in [1.54, 1.807) is 0 Å². The van der Waals surface area contributed by atoms with Gasteiger partial charge in [0.2, 0.25) is 0 Å². The van der Waals surface area contributed by atoms with Gasteiger partial charge < -0.3 is 0 Å². The van der Waals surface area contributed by atoms with Crippen molar-refractivity contribution in [3.63, 3.8) is 0 Å². The van der Waals surface area contributed by atoms with Gasteiger partial charge in [-0.15, -0.1) is 0 Å². The summed E-state index contributed by atoms with van der Waals surface area (Å²) in [5, 5.41) is 12.0. The average Bonchev–Trinajstić information content (AvgIpc) is 3.41. The van der Waals surface area contributed by atoms with Crippen molar-refractivity contribution in [2.75, 3.05) is 0 Å². The van der Waals surface area contributed by atoms with Crippen LogP contribution in [0.3, 0.4) is 0 Å². The molecular formula is C41H25N. The van der Waals surface area contributed by atoms with E-state index in [1.807, 2.05) is 18.2 Å². The lowest BCUT2D eigenvalue weighted by Crippen LogP contribution is -1.89. The monoisotopic (exact) mass is 531 g/mol. The van der Waals surface area contributed by atoms with Gasteiger partial charge in [-0.2, -0.15) is 5.26 Å². The zero-order chi connectivity index (χ0) is 28.0. The Morgan fingerprint density at radius 1 is 0.357 bits per heavy atom. The molecule has 0 radical (unpaired) electrons. The van der Waals surface area contributed by atoms with Crippen molar-refractivity contribution >= 4 is 10.8 Å². The van der Waals surface area contributed by atoms with Gasteiger partial charge in [-0.3, -0.25) is 0 Å². The van der Waals surface area contributed by atoms with Crippen LogP contribution in [0, 0.1) is 11.3 Å². The quantitative estimate of drug-likeness (QED) is 0.222. The molecule has 0 N–H and O–H groups in total. The minimum absolute atomic E-state index is 0.671. The van der Waals surface area contributed by atoms with Gasteiger partial charge in [0.1, 0.15) is 0 Å². The van der Waals surface area contributed by atoms with E-state index < -0.39 is 0 Å². The first-order valence-electron chi connectivity index (χ1n) is 14.3. The van der Waals surface area contributed by atoms with Crippen LogP contribution in [0.15, 0.2) is 152 Å². The number of hydrogen-bond donors (Lipinski definition) is 0. The normalized spacial score (nSPS) is 11.3. The van der Waals surface area contributed by atoms with E-state index >= 15 is 0 Å². The molecule has 8 rings (SSSR count). The first kappa shape index (κ1) is 24.1. The molecule has 0 atom stereocenters. The van der Waals surface area contributed by atoms with E-state index in [0.717, 1.165) is 11.1 Å². The summed E-state index contributed by atoms with van der Waals surface area (Å²) in [7, 11) is 0. The summed E-state index contributed by atoms with van der Waals surface area (Å²) in [5.74, 6) is 0. The third-order valence-corrected chi connectivity index (χ3v) is 8.45. The predicted molar refractivity (Wildman–Crippen MR) is 175 cm³/mol. The zero-order valence-electron chi connectivity index (χ0n) is 22.9. The lowest BCUT2D eigenvalue weighted by Gasteiger charge is -2.15. The summed E-state index contributed by atoms with van der Waals surface area (Å²) in [6, 6.07) is 56.1. The fourth-order valence-electron chi connectivity index (χ4n) is 6.59. The molecule has 0 aliphatic heterocycles. The molecule has 1 aliphatic rings. The van der Waals surface area contributed by atoms with Crippen LogP contribution in [0.5, 0.6) is 0 Å². The van der Waals surface area contributed by atoms with E-state index in [0.29, 0.717) is 5.56 Å². The predicted octanol–water partition coefficient (Wildman–Crippen LogP) is 11.0. The van der Waals surface area contributed by atoms with Crippen molar-refractivity contribution < 1.29 is 0 Å². The van der Waals surface area contributed by atoms with Crippen molar-refractivity contribution in [3.05, 3.63) is 157 Å². The summed E-state index contributed by atoms with van der Waals surface area (Å²) in [5.41, 5.74) is 15.4. The molecule has 194 valence electrons. The van der Waals surface area contributed by atoms with Crippen molar-refractivity contribution in [1.29, 1.82) is 5.26 Å². The highest BCUT2D eigenvalue weighted by Crippen LogP contribution is 2.55. The molecule has 0 saturated carbocycles. The SMILES string of the molecule is N#Cc1cccc(-c2cccc(-c3ccc4c5c(cccc35)-c3c(-c5ccccc5)ccc(-c5ccccc5)c3-4)c2)c1. The fourth-order valence-corrected chi connectivity index (χ4v) is 6.59. The topological polar surface area (TPSA) is 23.8 Å². The highest BCUT2D eigenvalue weighted by molar-refractivity contribution is 6.23. The van der Waals surface area contributed by atoms with Crippen molar-refractivity contribution in [1.82, 2.24) is 0 Å². The smallest absolute Gasteiger partial charge is 0.0991 e. The van der Waals surface area contributed by atoms with Crippen LogP contribution in [-0.2, 0) is 0 Å². The van der Waals surface area contributed by atoms with Crippen molar-refractivity contribution in [3.8, 4) is 72.8 Å². The zero-order valence-corrected chi connectivity index (χ0v) is 22.9. The molecular weight excluding hydrogens is 506 g/mol. The Kier molecular flexibility index (Phi) is 5.59. The molecule has 0 bridgehead atoms. The minimum Gasteiger partial charge on any atom is -0.192 e.